The van der Waals surface area contributed by atoms with E-state index in [0.717, 1.165) is 49.8 Å². The van der Waals surface area contributed by atoms with Gasteiger partial charge in [0.2, 0.25) is 5.91 Å². The van der Waals surface area contributed by atoms with Crippen LogP contribution < -0.4 is 11.1 Å². The molecule has 0 aromatic heterocycles. The first-order chi connectivity index (χ1) is 14.0. The lowest BCUT2D eigenvalue weighted by atomic mass is 9.95. The Kier molecular flexibility index (Phi) is 13.7. The number of primary amides is 1. The molecule has 3 N–H and O–H groups in total. The number of nitrogens with two attached hydrogens (primary N) is 1. The molecule has 0 saturated carbocycles. The Morgan fingerprint density at radius 2 is 1.83 bits per heavy atom. The summed E-state index contributed by atoms with van der Waals surface area (Å²) in [5.41, 5.74) is 7.12. The number of allylic oxidation sites excluding steroid dienone is 4. The monoisotopic (exact) mass is 417 g/mol. The summed E-state index contributed by atoms with van der Waals surface area (Å²) in [5.74, 6) is 0.533. The molecule has 6 heteroatoms. The average molecular weight is 418 g/mol. The minimum absolute atomic E-state index is 0.0222. The maximum Gasteiger partial charge on any atom is 0.221 e. The summed E-state index contributed by atoms with van der Waals surface area (Å²) in [6.45, 7) is 21.8. The van der Waals surface area contributed by atoms with Crippen molar-refractivity contribution in [1.82, 2.24) is 15.1 Å². The minimum atomic E-state index is -0.357. The fourth-order valence-corrected chi connectivity index (χ4v) is 2.77. The van der Waals surface area contributed by atoms with Crippen LogP contribution in [0.15, 0.2) is 53.3 Å². The van der Waals surface area contributed by atoms with E-state index in [4.69, 9.17) is 5.73 Å². The normalized spacial score (nSPS) is 13.6. The number of nitrogens with zero attached hydrogens (tertiary/aromatic N) is 3. The molecule has 6 nitrogen and oxygen atoms in total. The molecule has 0 aromatic carbocycles. The predicted octanol–water partition coefficient (Wildman–Crippen LogP) is 3.70. The van der Waals surface area contributed by atoms with Crippen LogP contribution in [0.4, 0.5) is 0 Å². The molecule has 0 rings (SSSR count). The van der Waals surface area contributed by atoms with E-state index in [1.165, 1.54) is 0 Å². The van der Waals surface area contributed by atoms with E-state index in [2.05, 4.69) is 67.4 Å². The van der Waals surface area contributed by atoms with Crippen LogP contribution >= 0.6 is 0 Å². The maximum absolute atomic E-state index is 10.9. The molecule has 0 spiro atoms. The number of likely N-dealkylation sites (N-methyl/N-ethyl adjacent to an activating group) is 1. The SMILES string of the molecule is C=C(/C=C\N(C(C)=NC)/C(=C/C(C)(C)C)CNCCN(CC)CC)/C=C/CC(N)=O. The Morgan fingerprint density at radius 3 is 2.33 bits per heavy atom. The summed E-state index contributed by atoms with van der Waals surface area (Å²) in [6.07, 6.45) is 9.88. The molecule has 0 aliphatic carbocycles. The van der Waals surface area contributed by atoms with Gasteiger partial charge in [0.1, 0.15) is 5.84 Å². The Morgan fingerprint density at radius 1 is 1.20 bits per heavy atom. The number of amidine groups is 1. The summed E-state index contributed by atoms with van der Waals surface area (Å²) in [7, 11) is 1.79. The van der Waals surface area contributed by atoms with E-state index in [9.17, 15) is 4.79 Å². The predicted molar refractivity (Wildman–Crippen MR) is 130 cm³/mol. The van der Waals surface area contributed by atoms with Crippen molar-refractivity contribution in [2.75, 3.05) is 39.8 Å². The molecule has 30 heavy (non-hydrogen) atoms. The third-order valence-electron chi connectivity index (χ3n) is 4.48. The summed E-state index contributed by atoms with van der Waals surface area (Å²) < 4.78 is 0. The Hall–Kier alpha value is -2.18. The highest BCUT2D eigenvalue weighted by molar-refractivity contribution is 5.82. The highest BCUT2D eigenvalue weighted by Crippen LogP contribution is 2.20. The summed E-state index contributed by atoms with van der Waals surface area (Å²) in [6, 6.07) is 0. The van der Waals surface area contributed by atoms with Crippen LogP contribution in [-0.2, 0) is 4.79 Å². The number of amides is 1. The van der Waals surface area contributed by atoms with Crippen molar-refractivity contribution in [1.29, 1.82) is 0 Å². The van der Waals surface area contributed by atoms with Crippen molar-refractivity contribution in [3.63, 3.8) is 0 Å². The quantitative estimate of drug-likeness (QED) is 0.207. The molecule has 0 radical (unpaired) electrons. The van der Waals surface area contributed by atoms with Crippen LogP contribution in [0.5, 0.6) is 0 Å². The molecule has 170 valence electrons. The Labute approximate surface area is 184 Å². The van der Waals surface area contributed by atoms with Gasteiger partial charge in [0, 0.05) is 45.0 Å². The first kappa shape index (κ1) is 27.8. The van der Waals surface area contributed by atoms with Gasteiger partial charge >= 0.3 is 0 Å². The highest BCUT2D eigenvalue weighted by atomic mass is 16.1. The van der Waals surface area contributed by atoms with Crippen LogP contribution in [0.2, 0.25) is 0 Å². The fraction of sp³-hybridized carbons (Fsp3) is 0.583. The molecule has 0 aliphatic heterocycles. The largest absolute Gasteiger partial charge is 0.369 e. The third kappa shape index (κ3) is 13.1. The van der Waals surface area contributed by atoms with Gasteiger partial charge in [-0.3, -0.25) is 9.79 Å². The van der Waals surface area contributed by atoms with Crippen molar-refractivity contribution in [3.8, 4) is 0 Å². The van der Waals surface area contributed by atoms with E-state index in [-0.39, 0.29) is 17.7 Å². The van der Waals surface area contributed by atoms with Crippen LogP contribution in [-0.4, -0.2) is 61.3 Å². The van der Waals surface area contributed by atoms with E-state index >= 15 is 0 Å². The standard InChI is InChI=1S/C24H43N5O/c1-9-28(10-2)17-15-27-19-22(18-24(5,6)7)29(21(4)26-8)16-14-20(3)12-11-13-23(25)30/h11-12,14,16,18,27H,3,9-10,13,15,17,19H2,1-2,4-8H3,(H2,25,30)/b12-11+,16-14-,22-18+,26-21?. The first-order valence-corrected chi connectivity index (χ1v) is 10.7. The highest BCUT2D eigenvalue weighted by Gasteiger charge is 2.15. The van der Waals surface area contributed by atoms with Crippen molar-refractivity contribution >= 4 is 11.7 Å². The first-order valence-electron chi connectivity index (χ1n) is 10.7. The molecule has 0 bridgehead atoms. The van der Waals surface area contributed by atoms with Crippen LogP contribution in [0.25, 0.3) is 0 Å². The molecule has 0 fully saturated rings. The van der Waals surface area contributed by atoms with Gasteiger partial charge in [-0.25, -0.2) is 0 Å². The molecule has 0 aromatic rings. The lowest BCUT2D eigenvalue weighted by Crippen LogP contribution is -2.36. The second kappa shape index (κ2) is 14.7. The van der Waals surface area contributed by atoms with Gasteiger partial charge in [0.05, 0.1) is 0 Å². The van der Waals surface area contributed by atoms with E-state index in [1.54, 1.807) is 19.2 Å². The number of hydrogen-bond donors (Lipinski definition) is 2. The average Bonchev–Trinajstić information content (AvgIpc) is 2.66. The van der Waals surface area contributed by atoms with E-state index < -0.39 is 0 Å². The maximum atomic E-state index is 10.9. The van der Waals surface area contributed by atoms with E-state index in [0.29, 0.717) is 0 Å². The smallest absolute Gasteiger partial charge is 0.221 e. The van der Waals surface area contributed by atoms with Crippen molar-refractivity contribution < 1.29 is 4.79 Å². The minimum Gasteiger partial charge on any atom is -0.369 e. The number of rotatable bonds is 13. The summed E-state index contributed by atoms with van der Waals surface area (Å²) in [4.78, 5) is 19.8. The number of hydrogen-bond acceptors (Lipinski definition) is 4. The lowest BCUT2D eigenvalue weighted by molar-refractivity contribution is -0.117. The van der Waals surface area contributed by atoms with Gasteiger partial charge in [0.15, 0.2) is 0 Å². The Balaban J connectivity index is 5.44. The molecule has 0 atom stereocenters. The van der Waals surface area contributed by atoms with Gasteiger partial charge in [-0.15, -0.1) is 0 Å². The molecule has 0 saturated heterocycles. The molecular weight excluding hydrogens is 374 g/mol. The van der Waals surface area contributed by atoms with Crippen LogP contribution in [0, 0.1) is 5.41 Å². The second-order valence-electron chi connectivity index (χ2n) is 8.31. The van der Waals surface area contributed by atoms with Crippen LogP contribution in [0.1, 0.15) is 48.0 Å². The number of nitrogens with one attached hydrogen (secondary N) is 1. The fourth-order valence-electron chi connectivity index (χ4n) is 2.77. The number of carbonyl (C=O) groups is 1. The van der Waals surface area contributed by atoms with Gasteiger partial charge in [-0.1, -0.05) is 59.4 Å². The number of carbonyl (C=O) groups excluding carboxylic acids is 1. The second-order valence-corrected chi connectivity index (χ2v) is 8.31. The molecular formula is C24H43N5O. The van der Waals surface area contributed by atoms with Gasteiger partial charge in [0.25, 0.3) is 0 Å². The van der Waals surface area contributed by atoms with E-state index in [1.807, 2.05) is 19.2 Å². The van der Waals surface area contributed by atoms with Gasteiger partial charge in [-0.05, 0) is 37.1 Å². The topological polar surface area (TPSA) is 74.0 Å². The number of aliphatic imine (C=N–C) groups is 1. The lowest BCUT2D eigenvalue weighted by Gasteiger charge is -2.27. The molecule has 1 amide bonds. The third-order valence-corrected chi connectivity index (χ3v) is 4.48. The summed E-state index contributed by atoms with van der Waals surface area (Å²) in [5, 5.41) is 3.57. The molecule has 0 aliphatic rings. The Bertz CT molecular complexity index is 649. The summed E-state index contributed by atoms with van der Waals surface area (Å²) >= 11 is 0. The van der Waals surface area contributed by atoms with Crippen molar-refractivity contribution in [2.45, 2.75) is 48.0 Å². The zero-order valence-electron chi connectivity index (χ0n) is 20.2. The van der Waals surface area contributed by atoms with Crippen molar-refractivity contribution in [2.24, 2.45) is 16.1 Å². The van der Waals surface area contributed by atoms with Crippen molar-refractivity contribution in [3.05, 3.63) is 48.4 Å². The van der Waals surface area contributed by atoms with Gasteiger partial charge in [-0.2, -0.15) is 0 Å². The molecule has 0 unspecified atom stereocenters. The zero-order chi connectivity index (χ0) is 23.2. The molecule has 0 heterocycles. The zero-order valence-corrected chi connectivity index (χ0v) is 20.2. The van der Waals surface area contributed by atoms with Gasteiger partial charge < -0.3 is 20.9 Å². The van der Waals surface area contributed by atoms with Crippen LogP contribution in [0.3, 0.4) is 0 Å².